The fraction of sp³-hybridized carbons (Fsp3) is 0.467. The number of Topliss-reactive ketones (excluding diaryl/α,β-unsaturated/α-hetero) is 1. The topological polar surface area (TPSA) is 69.6 Å². The number of anilines is 1. The minimum Gasteiger partial charge on any atom is -0.396 e. The summed E-state index contributed by atoms with van der Waals surface area (Å²) in [5.74, 6) is 0.137. The summed E-state index contributed by atoms with van der Waals surface area (Å²) in [4.78, 5) is 25.2. The lowest BCUT2D eigenvalue weighted by Gasteiger charge is -2.31. The fourth-order valence-corrected chi connectivity index (χ4v) is 2.42. The lowest BCUT2D eigenvalue weighted by Crippen LogP contribution is -2.43. The molecule has 1 fully saturated rings. The van der Waals surface area contributed by atoms with Crippen LogP contribution in [0.4, 0.5) is 10.5 Å². The van der Waals surface area contributed by atoms with Crippen molar-refractivity contribution in [1.82, 2.24) is 4.90 Å². The van der Waals surface area contributed by atoms with E-state index in [-0.39, 0.29) is 24.3 Å². The van der Waals surface area contributed by atoms with Gasteiger partial charge in [-0.05, 0) is 37.8 Å². The van der Waals surface area contributed by atoms with E-state index < -0.39 is 0 Å². The molecule has 2 rings (SSSR count). The molecule has 2 amide bonds. The lowest BCUT2D eigenvalue weighted by molar-refractivity contribution is 0.101. The number of carbonyl (C=O) groups excluding carboxylic acids is 2. The Labute approximate surface area is 118 Å². The molecule has 1 saturated heterocycles. The normalized spacial score (nSPS) is 18.7. The zero-order valence-corrected chi connectivity index (χ0v) is 11.6. The Morgan fingerprint density at radius 3 is 2.95 bits per heavy atom. The first-order valence-corrected chi connectivity index (χ1v) is 6.88. The van der Waals surface area contributed by atoms with Crippen molar-refractivity contribution < 1.29 is 14.7 Å². The van der Waals surface area contributed by atoms with Crippen molar-refractivity contribution in [2.75, 3.05) is 25.0 Å². The van der Waals surface area contributed by atoms with Gasteiger partial charge in [0.15, 0.2) is 5.78 Å². The molecule has 0 bridgehead atoms. The van der Waals surface area contributed by atoms with Gasteiger partial charge in [-0.3, -0.25) is 4.79 Å². The number of likely N-dealkylation sites (tertiary alicyclic amines) is 1. The molecule has 1 aliphatic rings. The van der Waals surface area contributed by atoms with Crippen molar-refractivity contribution in [3.63, 3.8) is 0 Å². The highest BCUT2D eigenvalue weighted by atomic mass is 16.3. The predicted molar refractivity (Wildman–Crippen MR) is 76.8 cm³/mol. The van der Waals surface area contributed by atoms with Crippen LogP contribution >= 0.6 is 0 Å². The molecule has 0 unspecified atom stereocenters. The molecule has 0 aromatic heterocycles. The van der Waals surface area contributed by atoms with Crippen LogP contribution in [0.5, 0.6) is 0 Å². The monoisotopic (exact) mass is 276 g/mol. The molecule has 1 atom stereocenters. The SMILES string of the molecule is CC(=O)c1cccc(NC(=O)N2CCC[C@@H](CO)C2)c1. The van der Waals surface area contributed by atoms with E-state index in [9.17, 15) is 14.7 Å². The van der Waals surface area contributed by atoms with Crippen LogP contribution in [0.2, 0.25) is 0 Å². The summed E-state index contributed by atoms with van der Waals surface area (Å²) in [6.07, 6.45) is 1.87. The Hall–Kier alpha value is -1.88. The third kappa shape index (κ3) is 3.57. The van der Waals surface area contributed by atoms with E-state index in [2.05, 4.69) is 5.32 Å². The largest absolute Gasteiger partial charge is 0.396 e. The first kappa shape index (κ1) is 14.5. The van der Waals surface area contributed by atoms with Crippen LogP contribution in [-0.2, 0) is 0 Å². The Morgan fingerprint density at radius 1 is 1.45 bits per heavy atom. The smallest absolute Gasteiger partial charge is 0.321 e. The number of piperidine rings is 1. The standard InChI is InChI=1S/C15H20N2O3/c1-11(19)13-5-2-6-14(8-13)16-15(20)17-7-3-4-12(9-17)10-18/h2,5-6,8,12,18H,3-4,7,9-10H2,1H3,(H,16,20)/t12-/m1/s1. The second-order valence-electron chi connectivity index (χ2n) is 5.20. The molecule has 0 aliphatic carbocycles. The van der Waals surface area contributed by atoms with Gasteiger partial charge in [0.1, 0.15) is 0 Å². The van der Waals surface area contributed by atoms with Gasteiger partial charge in [-0.2, -0.15) is 0 Å². The first-order chi connectivity index (χ1) is 9.60. The van der Waals surface area contributed by atoms with Gasteiger partial charge >= 0.3 is 6.03 Å². The number of carbonyl (C=O) groups is 2. The Balaban J connectivity index is 2.00. The minimum absolute atomic E-state index is 0.0283. The molecule has 2 N–H and O–H groups in total. The highest BCUT2D eigenvalue weighted by Gasteiger charge is 2.23. The van der Waals surface area contributed by atoms with E-state index in [4.69, 9.17) is 0 Å². The van der Waals surface area contributed by atoms with Gasteiger partial charge in [-0.1, -0.05) is 12.1 Å². The van der Waals surface area contributed by atoms with Crippen molar-refractivity contribution >= 4 is 17.5 Å². The second-order valence-corrected chi connectivity index (χ2v) is 5.20. The molecule has 1 aliphatic heterocycles. The van der Waals surface area contributed by atoms with Crippen molar-refractivity contribution in [2.24, 2.45) is 5.92 Å². The summed E-state index contributed by atoms with van der Waals surface area (Å²) < 4.78 is 0. The average Bonchev–Trinajstić information content (AvgIpc) is 2.47. The maximum Gasteiger partial charge on any atom is 0.321 e. The summed E-state index contributed by atoms with van der Waals surface area (Å²) in [6, 6.07) is 6.73. The van der Waals surface area contributed by atoms with Crippen LogP contribution in [0.3, 0.4) is 0 Å². The number of urea groups is 1. The van der Waals surface area contributed by atoms with Gasteiger partial charge in [0, 0.05) is 30.9 Å². The number of hydrogen-bond acceptors (Lipinski definition) is 3. The quantitative estimate of drug-likeness (QED) is 0.831. The van der Waals surface area contributed by atoms with E-state index in [0.29, 0.717) is 24.3 Å². The number of amides is 2. The first-order valence-electron chi connectivity index (χ1n) is 6.88. The zero-order chi connectivity index (χ0) is 14.5. The average molecular weight is 276 g/mol. The van der Waals surface area contributed by atoms with Crippen LogP contribution in [0.1, 0.15) is 30.1 Å². The van der Waals surface area contributed by atoms with Crippen LogP contribution in [-0.4, -0.2) is 41.5 Å². The maximum atomic E-state index is 12.2. The number of nitrogens with one attached hydrogen (secondary N) is 1. The number of aliphatic hydroxyl groups is 1. The Morgan fingerprint density at radius 2 is 2.25 bits per heavy atom. The van der Waals surface area contributed by atoms with E-state index in [1.807, 2.05) is 0 Å². The number of benzene rings is 1. The summed E-state index contributed by atoms with van der Waals surface area (Å²) in [5.41, 5.74) is 1.20. The molecule has 5 nitrogen and oxygen atoms in total. The van der Waals surface area contributed by atoms with Crippen molar-refractivity contribution in [2.45, 2.75) is 19.8 Å². The summed E-state index contributed by atoms with van der Waals surface area (Å²) in [5, 5.41) is 12.0. The Bertz CT molecular complexity index is 502. The molecule has 1 aromatic rings. The Kier molecular flexibility index (Phi) is 4.74. The van der Waals surface area contributed by atoms with Crippen molar-refractivity contribution in [3.8, 4) is 0 Å². The molecule has 0 saturated carbocycles. The summed E-state index contributed by atoms with van der Waals surface area (Å²) in [7, 11) is 0. The number of nitrogens with zero attached hydrogens (tertiary/aromatic N) is 1. The molecule has 5 heteroatoms. The van der Waals surface area contributed by atoms with Crippen molar-refractivity contribution in [3.05, 3.63) is 29.8 Å². The molecular formula is C15H20N2O3. The van der Waals surface area contributed by atoms with Gasteiger partial charge < -0.3 is 15.3 Å². The highest BCUT2D eigenvalue weighted by molar-refractivity contribution is 5.96. The van der Waals surface area contributed by atoms with E-state index in [1.165, 1.54) is 6.92 Å². The van der Waals surface area contributed by atoms with Gasteiger partial charge in [0.05, 0.1) is 0 Å². The van der Waals surface area contributed by atoms with Gasteiger partial charge in [0.25, 0.3) is 0 Å². The summed E-state index contributed by atoms with van der Waals surface area (Å²) >= 11 is 0. The number of aliphatic hydroxyl groups excluding tert-OH is 1. The van der Waals surface area contributed by atoms with Crippen LogP contribution in [0.15, 0.2) is 24.3 Å². The van der Waals surface area contributed by atoms with Gasteiger partial charge in [-0.15, -0.1) is 0 Å². The van der Waals surface area contributed by atoms with Gasteiger partial charge in [-0.25, -0.2) is 4.79 Å². The third-order valence-corrected chi connectivity index (χ3v) is 3.58. The molecule has 0 spiro atoms. The van der Waals surface area contributed by atoms with E-state index in [1.54, 1.807) is 29.2 Å². The highest BCUT2D eigenvalue weighted by Crippen LogP contribution is 2.18. The van der Waals surface area contributed by atoms with E-state index >= 15 is 0 Å². The molecule has 1 heterocycles. The van der Waals surface area contributed by atoms with Crippen LogP contribution < -0.4 is 5.32 Å². The molecule has 1 aromatic carbocycles. The lowest BCUT2D eigenvalue weighted by atomic mass is 9.99. The summed E-state index contributed by atoms with van der Waals surface area (Å²) in [6.45, 7) is 2.89. The van der Waals surface area contributed by atoms with Crippen LogP contribution in [0, 0.1) is 5.92 Å². The predicted octanol–water partition coefficient (Wildman–Crippen LogP) is 2.13. The molecule has 20 heavy (non-hydrogen) atoms. The zero-order valence-electron chi connectivity index (χ0n) is 11.6. The number of hydrogen-bond donors (Lipinski definition) is 2. The van der Waals surface area contributed by atoms with Crippen LogP contribution in [0.25, 0.3) is 0 Å². The second kappa shape index (κ2) is 6.52. The van der Waals surface area contributed by atoms with Crippen molar-refractivity contribution in [1.29, 1.82) is 0 Å². The maximum absolute atomic E-state index is 12.2. The molecular weight excluding hydrogens is 256 g/mol. The third-order valence-electron chi connectivity index (χ3n) is 3.58. The minimum atomic E-state index is -0.177. The molecule has 0 radical (unpaired) electrons. The molecule has 108 valence electrons. The van der Waals surface area contributed by atoms with Gasteiger partial charge in [0.2, 0.25) is 0 Å². The number of ketones is 1. The van der Waals surface area contributed by atoms with E-state index in [0.717, 1.165) is 12.8 Å². The number of rotatable bonds is 3. The fourth-order valence-electron chi connectivity index (χ4n) is 2.42.